The average molecular weight is 382 g/mol. The van der Waals surface area contributed by atoms with Crippen LogP contribution < -0.4 is 4.90 Å². The Balaban J connectivity index is 0.000000242. The Morgan fingerprint density at radius 1 is 0.964 bits per heavy atom. The molecule has 2 N–H and O–H groups in total. The predicted octanol–water partition coefficient (Wildman–Crippen LogP) is 1.61. The van der Waals surface area contributed by atoms with Gasteiger partial charge in [0.05, 0.1) is 5.69 Å². The van der Waals surface area contributed by atoms with Gasteiger partial charge in [-0.25, -0.2) is 9.59 Å². The van der Waals surface area contributed by atoms with E-state index < -0.39 is 11.9 Å². The Bertz CT molecular complexity index is 838. The van der Waals surface area contributed by atoms with Crippen molar-refractivity contribution in [3.63, 3.8) is 0 Å². The lowest BCUT2D eigenvalue weighted by molar-refractivity contribution is -0.134. The van der Waals surface area contributed by atoms with E-state index >= 15 is 0 Å². The highest BCUT2D eigenvalue weighted by Crippen LogP contribution is 2.32. The summed E-state index contributed by atoms with van der Waals surface area (Å²) in [6, 6.07) is 15.1. The van der Waals surface area contributed by atoms with E-state index in [4.69, 9.17) is 10.2 Å². The summed E-state index contributed by atoms with van der Waals surface area (Å²) in [6.45, 7) is 3.42. The van der Waals surface area contributed by atoms with Crippen LogP contribution in [-0.4, -0.2) is 70.0 Å². The van der Waals surface area contributed by atoms with Gasteiger partial charge in [0.1, 0.15) is 0 Å². The van der Waals surface area contributed by atoms with E-state index in [1.165, 1.54) is 6.54 Å². The van der Waals surface area contributed by atoms with Crippen LogP contribution in [0.25, 0.3) is 11.3 Å². The minimum atomic E-state index is -1.26. The number of hydrogen-bond donors (Lipinski definition) is 2. The molecule has 0 amide bonds. The highest BCUT2D eigenvalue weighted by atomic mass is 16.4. The highest BCUT2D eigenvalue weighted by molar-refractivity contribution is 5.89. The number of fused-ring (bicyclic) bond motifs is 1. The molecule has 2 aromatic rings. The van der Waals surface area contributed by atoms with E-state index in [9.17, 15) is 9.59 Å². The number of likely N-dealkylation sites (tertiary alicyclic amines) is 1. The molecule has 2 fully saturated rings. The molecule has 28 heavy (non-hydrogen) atoms. The second-order valence-electron chi connectivity index (χ2n) is 6.82. The monoisotopic (exact) mass is 382 g/mol. The lowest BCUT2D eigenvalue weighted by Crippen LogP contribution is -2.52. The molecule has 2 aliphatic heterocycles. The molecule has 0 unspecified atom stereocenters. The van der Waals surface area contributed by atoms with E-state index in [2.05, 4.69) is 51.3 Å². The maximum atomic E-state index is 9.55. The SMILES string of the molecule is CN1C[C@H]2CN(c3ccc(-c4ccccc4)nn3)C[C@H]21.O=C(O)/C=C/C(=O)O. The van der Waals surface area contributed by atoms with Crippen LogP contribution in [0.15, 0.2) is 54.6 Å². The summed E-state index contributed by atoms with van der Waals surface area (Å²) in [5.41, 5.74) is 2.06. The predicted molar refractivity (Wildman–Crippen MR) is 104 cm³/mol. The van der Waals surface area contributed by atoms with Crippen molar-refractivity contribution < 1.29 is 19.8 Å². The highest BCUT2D eigenvalue weighted by Gasteiger charge is 2.43. The second kappa shape index (κ2) is 8.62. The van der Waals surface area contributed by atoms with Gasteiger partial charge in [0.15, 0.2) is 5.82 Å². The van der Waals surface area contributed by atoms with Gasteiger partial charge in [0, 0.05) is 49.3 Å². The fraction of sp³-hybridized carbons (Fsp3) is 0.300. The van der Waals surface area contributed by atoms with Crippen molar-refractivity contribution in [2.45, 2.75) is 6.04 Å². The van der Waals surface area contributed by atoms with Gasteiger partial charge in [0.2, 0.25) is 0 Å². The minimum absolute atomic E-state index is 0.558. The van der Waals surface area contributed by atoms with Gasteiger partial charge in [-0.3, -0.25) is 0 Å². The topological polar surface area (TPSA) is 107 Å². The summed E-state index contributed by atoms with van der Waals surface area (Å²) < 4.78 is 0. The molecule has 4 rings (SSSR count). The quantitative estimate of drug-likeness (QED) is 0.768. The normalized spacial score (nSPS) is 20.8. The van der Waals surface area contributed by atoms with Crippen molar-refractivity contribution in [2.24, 2.45) is 5.92 Å². The maximum Gasteiger partial charge on any atom is 0.328 e. The van der Waals surface area contributed by atoms with Crippen LogP contribution in [0.4, 0.5) is 5.82 Å². The fourth-order valence-corrected chi connectivity index (χ4v) is 3.49. The van der Waals surface area contributed by atoms with Gasteiger partial charge < -0.3 is 20.0 Å². The summed E-state index contributed by atoms with van der Waals surface area (Å²) in [5.74, 6) is -0.692. The molecule has 0 saturated carbocycles. The number of carboxylic acids is 2. The van der Waals surface area contributed by atoms with E-state index in [0.29, 0.717) is 18.2 Å². The lowest BCUT2D eigenvalue weighted by atomic mass is 9.93. The Morgan fingerprint density at radius 3 is 2.14 bits per heavy atom. The summed E-state index contributed by atoms with van der Waals surface area (Å²) in [5, 5.41) is 24.4. The van der Waals surface area contributed by atoms with E-state index in [1.54, 1.807) is 0 Å². The van der Waals surface area contributed by atoms with Crippen LogP contribution in [0.5, 0.6) is 0 Å². The molecule has 2 saturated heterocycles. The van der Waals surface area contributed by atoms with Crippen LogP contribution in [0.3, 0.4) is 0 Å². The maximum absolute atomic E-state index is 9.55. The zero-order valence-electron chi connectivity index (χ0n) is 15.5. The van der Waals surface area contributed by atoms with Crippen LogP contribution in [0, 0.1) is 5.92 Å². The fourth-order valence-electron chi connectivity index (χ4n) is 3.49. The number of carbonyl (C=O) groups is 2. The first kappa shape index (κ1) is 19.5. The molecular formula is C20H22N4O4. The molecule has 146 valence electrons. The zero-order valence-corrected chi connectivity index (χ0v) is 15.5. The second-order valence-corrected chi connectivity index (χ2v) is 6.82. The summed E-state index contributed by atoms with van der Waals surface area (Å²) in [4.78, 5) is 23.9. The largest absolute Gasteiger partial charge is 0.478 e. The van der Waals surface area contributed by atoms with Crippen LogP contribution in [0.1, 0.15) is 0 Å². The Kier molecular flexibility index (Phi) is 6.00. The van der Waals surface area contributed by atoms with E-state index in [0.717, 1.165) is 36.1 Å². The third-order valence-corrected chi connectivity index (χ3v) is 4.91. The standard InChI is InChI=1S/C16H18N4.C4H4O4/c1-19-9-13-10-20(11-15(13)19)16-8-7-14(17-18-16)12-5-3-2-4-6-12;5-3(6)1-2-4(7)8/h2-8,13,15H,9-11H2,1H3;1-2H,(H,5,6)(H,7,8)/b;2-1+/t13-,15+;/m0./s1. The van der Waals surface area contributed by atoms with Crippen molar-refractivity contribution in [2.75, 3.05) is 31.6 Å². The summed E-state index contributed by atoms with van der Waals surface area (Å²) >= 11 is 0. The van der Waals surface area contributed by atoms with Crippen molar-refractivity contribution in [1.82, 2.24) is 15.1 Å². The van der Waals surface area contributed by atoms with Crippen LogP contribution in [0.2, 0.25) is 0 Å². The molecule has 0 radical (unpaired) electrons. The smallest absolute Gasteiger partial charge is 0.328 e. The van der Waals surface area contributed by atoms with Crippen LogP contribution in [-0.2, 0) is 9.59 Å². The number of aromatic nitrogens is 2. The minimum Gasteiger partial charge on any atom is -0.478 e. The van der Waals surface area contributed by atoms with Gasteiger partial charge in [-0.15, -0.1) is 10.2 Å². The first-order valence-corrected chi connectivity index (χ1v) is 8.92. The van der Waals surface area contributed by atoms with Gasteiger partial charge in [-0.1, -0.05) is 30.3 Å². The number of nitrogens with zero attached hydrogens (tertiary/aromatic N) is 4. The average Bonchev–Trinajstić information content (AvgIpc) is 3.05. The molecular weight excluding hydrogens is 360 g/mol. The number of benzene rings is 1. The molecule has 0 spiro atoms. The summed E-state index contributed by atoms with van der Waals surface area (Å²) in [6.07, 6.45) is 1.12. The lowest BCUT2D eigenvalue weighted by Gasteiger charge is -2.40. The molecule has 1 aromatic carbocycles. The van der Waals surface area contributed by atoms with Gasteiger partial charge >= 0.3 is 11.9 Å². The molecule has 2 atom stereocenters. The third kappa shape index (κ3) is 4.72. The molecule has 1 aromatic heterocycles. The Hall–Kier alpha value is -3.26. The van der Waals surface area contributed by atoms with Gasteiger partial charge in [-0.05, 0) is 19.2 Å². The molecule has 8 nitrogen and oxygen atoms in total. The first-order valence-electron chi connectivity index (χ1n) is 8.92. The van der Waals surface area contributed by atoms with Crippen molar-refractivity contribution in [3.05, 3.63) is 54.6 Å². The van der Waals surface area contributed by atoms with Gasteiger partial charge in [0.25, 0.3) is 0 Å². The van der Waals surface area contributed by atoms with Crippen LogP contribution >= 0.6 is 0 Å². The van der Waals surface area contributed by atoms with Crippen molar-refractivity contribution >= 4 is 17.8 Å². The van der Waals surface area contributed by atoms with Crippen molar-refractivity contribution in [1.29, 1.82) is 0 Å². The molecule has 3 heterocycles. The van der Waals surface area contributed by atoms with E-state index in [-0.39, 0.29) is 0 Å². The molecule has 0 aliphatic carbocycles. The number of anilines is 1. The molecule has 0 bridgehead atoms. The first-order chi connectivity index (χ1) is 13.4. The number of likely N-dealkylation sites (N-methyl/N-ethyl adjacent to an activating group) is 1. The van der Waals surface area contributed by atoms with Crippen molar-refractivity contribution in [3.8, 4) is 11.3 Å². The number of rotatable bonds is 4. The molecule has 2 aliphatic rings. The number of aliphatic carboxylic acids is 2. The van der Waals surface area contributed by atoms with E-state index in [1.807, 2.05) is 18.2 Å². The Morgan fingerprint density at radius 2 is 1.64 bits per heavy atom. The number of carboxylic acid groups (broad SMARTS) is 2. The Labute approximate surface area is 162 Å². The van der Waals surface area contributed by atoms with Gasteiger partial charge in [-0.2, -0.15) is 0 Å². The number of hydrogen-bond acceptors (Lipinski definition) is 6. The summed E-state index contributed by atoms with van der Waals surface area (Å²) in [7, 11) is 2.20. The molecule has 8 heteroatoms. The zero-order chi connectivity index (χ0) is 20.1. The third-order valence-electron chi connectivity index (χ3n) is 4.91.